The molecule has 33 heavy (non-hydrogen) atoms. The number of hydrogen-bond acceptors (Lipinski definition) is 5. The fourth-order valence-electron chi connectivity index (χ4n) is 3.25. The molecule has 5 nitrogen and oxygen atoms in total. The van der Waals surface area contributed by atoms with Gasteiger partial charge >= 0.3 is 11.9 Å². The zero-order valence-electron chi connectivity index (χ0n) is 19.0. The van der Waals surface area contributed by atoms with E-state index in [2.05, 4.69) is 6.92 Å². The summed E-state index contributed by atoms with van der Waals surface area (Å²) in [5, 5.41) is 0. The molecule has 0 heterocycles. The summed E-state index contributed by atoms with van der Waals surface area (Å²) in [6, 6.07) is 23.4. The van der Waals surface area contributed by atoms with Crippen LogP contribution >= 0.6 is 0 Å². The van der Waals surface area contributed by atoms with Crippen LogP contribution in [-0.4, -0.2) is 25.2 Å². The van der Waals surface area contributed by atoms with Crippen molar-refractivity contribution in [3.8, 4) is 11.5 Å². The topological polar surface area (TPSA) is 61.8 Å². The molecule has 0 N–H and O–H groups in total. The highest BCUT2D eigenvalue weighted by atomic mass is 16.5. The van der Waals surface area contributed by atoms with Gasteiger partial charge in [-0.3, -0.25) is 0 Å². The normalized spacial score (nSPS) is 10.5. The molecular formula is C28H30O5. The molecule has 0 fully saturated rings. The summed E-state index contributed by atoms with van der Waals surface area (Å²) < 4.78 is 16.5. The number of aryl methyl sites for hydroxylation is 1. The van der Waals surface area contributed by atoms with Gasteiger partial charge in [0.2, 0.25) is 0 Å². The second kappa shape index (κ2) is 13.1. The first kappa shape index (κ1) is 24.1. The first-order chi connectivity index (χ1) is 16.2. The van der Waals surface area contributed by atoms with E-state index in [1.807, 2.05) is 30.3 Å². The lowest BCUT2D eigenvalue weighted by molar-refractivity contribution is 0.0498. The fraction of sp³-hybridized carbons (Fsp3) is 0.286. The molecule has 0 bridgehead atoms. The highest BCUT2D eigenvalue weighted by Crippen LogP contribution is 2.18. The molecule has 0 radical (unpaired) electrons. The van der Waals surface area contributed by atoms with E-state index in [-0.39, 0.29) is 0 Å². The lowest BCUT2D eigenvalue weighted by Crippen LogP contribution is -2.10. The second-order valence-electron chi connectivity index (χ2n) is 7.72. The SMILES string of the molecule is CCCCCOc1ccc(C(=O)Oc2cccc(C(=O)OCCCc3ccccc3)c2)cc1. The first-order valence-electron chi connectivity index (χ1n) is 11.4. The number of hydrogen-bond donors (Lipinski definition) is 0. The summed E-state index contributed by atoms with van der Waals surface area (Å²) in [5.41, 5.74) is 1.96. The number of unbranched alkanes of at least 4 members (excludes halogenated alkanes) is 2. The van der Waals surface area contributed by atoms with Gasteiger partial charge in [-0.15, -0.1) is 0 Å². The highest BCUT2D eigenvalue weighted by molar-refractivity contribution is 5.92. The van der Waals surface area contributed by atoms with Crippen molar-refractivity contribution in [3.63, 3.8) is 0 Å². The number of ether oxygens (including phenoxy) is 3. The molecule has 172 valence electrons. The van der Waals surface area contributed by atoms with Crippen LogP contribution in [0.2, 0.25) is 0 Å². The largest absolute Gasteiger partial charge is 0.494 e. The van der Waals surface area contributed by atoms with Gasteiger partial charge in [0.05, 0.1) is 24.3 Å². The highest BCUT2D eigenvalue weighted by Gasteiger charge is 2.12. The van der Waals surface area contributed by atoms with E-state index in [1.54, 1.807) is 42.5 Å². The van der Waals surface area contributed by atoms with Gasteiger partial charge in [-0.25, -0.2) is 9.59 Å². The lowest BCUT2D eigenvalue weighted by Gasteiger charge is -2.09. The van der Waals surface area contributed by atoms with Gasteiger partial charge in [-0.1, -0.05) is 56.2 Å². The number of benzene rings is 3. The predicted molar refractivity (Wildman–Crippen MR) is 128 cm³/mol. The van der Waals surface area contributed by atoms with Crippen molar-refractivity contribution in [1.29, 1.82) is 0 Å². The Morgan fingerprint density at radius 2 is 1.48 bits per heavy atom. The van der Waals surface area contributed by atoms with Crippen molar-refractivity contribution in [2.24, 2.45) is 0 Å². The smallest absolute Gasteiger partial charge is 0.343 e. The van der Waals surface area contributed by atoms with Gasteiger partial charge in [0.15, 0.2) is 0 Å². The van der Waals surface area contributed by atoms with E-state index in [9.17, 15) is 9.59 Å². The number of carbonyl (C=O) groups is 2. The van der Waals surface area contributed by atoms with Crippen LogP contribution in [0.5, 0.6) is 11.5 Å². The van der Waals surface area contributed by atoms with Gasteiger partial charge in [-0.2, -0.15) is 0 Å². The van der Waals surface area contributed by atoms with Crippen LogP contribution < -0.4 is 9.47 Å². The third-order valence-corrected chi connectivity index (χ3v) is 5.07. The number of esters is 2. The van der Waals surface area contributed by atoms with Crippen LogP contribution in [-0.2, 0) is 11.2 Å². The molecule has 0 aliphatic heterocycles. The van der Waals surface area contributed by atoms with Crippen LogP contribution in [0.4, 0.5) is 0 Å². The molecule has 0 saturated heterocycles. The fourth-order valence-corrected chi connectivity index (χ4v) is 3.25. The zero-order valence-corrected chi connectivity index (χ0v) is 19.0. The maximum Gasteiger partial charge on any atom is 0.343 e. The molecule has 3 rings (SSSR count). The summed E-state index contributed by atoms with van der Waals surface area (Å²) in [5.74, 6) is 0.0738. The molecule has 3 aromatic carbocycles. The van der Waals surface area contributed by atoms with Crippen molar-refractivity contribution in [2.45, 2.75) is 39.0 Å². The molecule has 0 unspecified atom stereocenters. The summed E-state index contributed by atoms with van der Waals surface area (Å²) >= 11 is 0. The molecule has 0 aliphatic carbocycles. The predicted octanol–water partition coefficient (Wildman–Crippen LogP) is 6.26. The summed E-state index contributed by atoms with van der Waals surface area (Å²) in [6.07, 6.45) is 4.86. The maximum atomic E-state index is 12.5. The molecule has 0 aliphatic rings. The Morgan fingerprint density at radius 1 is 0.697 bits per heavy atom. The van der Waals surface area contributed by atoms with E-state index < -0.39 is 11.9 Å². The van der Waals surface area contributed by atoms with Crippen LogP contribution in [0, 0.1) is 0 Å². The Morgan fingerprint density at radius 3 is 2.24 bits per heavy atom. The van der Waals surface area contributed by atoms with Crippen molar-refractivity contribution in [3.05, 3.63) is 95.6 Å². The van der Waals surface area contributed by atoms with Crippen LogP contribution in [0.3, 0.4) is 0 Å². The molecule has 0 spiro atoms. The lowest BCUT2D eigenvalue weighted by atomic mass is 10.1. The maximum absolute atomic E-state index is 12.5. The molecular weight excluding hydrogens is 416 g/mol. The summed E-state index contributed by atoms with van der Waals surface area (Å²) in [4.78, 5) is 24.8. The van der Waals surface area contributed by atoms with Crippen LogP contribution in [0.15, 0.2) is 78.9 Å². The molecule has 0 amide bonds. The average molecular weight is 447 g/mol. The van der Waals surface area contributed by atoms with Crippen molar-refractivity contribution in [1.82, 2.24) is 0 Å². The Kier molecular flexibility index (Phi) is 9.52. The Hall–Kier alpha value is -3.60. The first-order valence-corrected chi connectivity index (χ1v) is 11.4. The Balaban J connectivity index is 1.47. The van der Waals surface area contributed by atoms with E-state index in [4.69, 9.17) is 14.2 Å². The minimum atomic E-state index is -0.499. The van der Waals surface area contributed by atoms with Crippen molar-refractivity contribution < 1.29 is 23.8 Å². The monoisotopic (exact) mass is 446 g/mol. The van der Waals surface area contributed by atoms with Gasteiger partial charge in [0, 0.05) is 0 Å². The van der Waals surface area contributed by atoms with E-state index in [0.29, 0.717) is 30.1 Å². The second-order valence-corrected chi connectivity index (χ2v) is 7.72. The van der Waals surface area contributed by atoms with E-state index >= 15 is 0 Å². The number of rotatable bonds is 12. The molecule has 3 aromatic rings. The van der Waals surface area contributed by atoms with Gasteiger partial charge in [-0.05, 0) is 67.3 Å². The standard InChI is InChI=1S/C28H30O5/c1-2-3-7-19-31-25-17-15-23(16-18-25)28(30)33-26-14-8-13-24(21-26)27(29)32-20-9-12-22-10-5-4-6-11-22/h4-6,8,10-11,13-18,21H,2-3,7,9,12,19-20H2,1H3. The minimum Gasteiger partial charge on any atom is -0.494 e. The van der Waals surface area contributed by atoms with Crippen LogP contribution in [0.25, 0.3) is 0 Å². The van der Waals surface area contributed by atoms with Gasteiger partial charge < -0.3 is 14.2 Å². The third-order valence-electron chi connectivity index (χ3n) is 5.07. The van der Waals surface area contributed by atoms with Gasteiger partial charge in [0.1, 0.15) is 11.5 Å². The van der Waals surface area contributed by atoms with E-state index in [0.717, 1.165) is 37.9 Å². The Labute approximate surface area is 195 Å². The molecule has 5 heteroatoms. The molecule has 0 aromatic heterocycles. The molecule has 0 saturated carbocycles. The summed E-state index contributed by atoms with van der Waals surface area (Å²) in [7, 11) is 0. The quantitative estimate of drug-likeness (QED) is 0.187. The Bertz CT molecular complexity index is 1010. The van der Waals surface area contributed by atoms with Gasteiger partial charge in [0.25, 0.3) is 0 Å². The molecule has 0 atom stereocenters. The zero-order chi connectivity index (χ0) is 23.3. The average Bonchev–Trinajstić information content (AvgIpc) is 2.85. The minimum absolute atomic E-state index is 0.290. The van der Waals surface area contributed by atoms with Crippen molar-refractivity contribution in [2.75, 3.05) is 13.2 Å². The third kappa shape index (κ3) is 8.11. The van der Waals surface area contributed by atoms with Crippen LogP contribution in [0.1, 0.15) is 58.9 Å². The number of carbonyl (C=O) groups excluding carboxylic acids is 2. The summed E-state index contributed by atoms with van der Waals surface area (Å²) in [6.45, 7) is 3.13. The van der Waals surface area contributed by atoms with Crippen molar-refractivity contribution >= 4 is 11.9 Å². The van der Waals surface area contributed by atoms with E-state index in [1.165, 1.54) is 11.6 Å².